The van der Waals surface area contributed by atoms with Crippen LogP contribution in [0.3, 0.4) is 0 Å². The first-order valence-electron chi connectivity index (χ1n) is 7.38. The highest BCUT2D eigenvalue weighted by Crippen LogP contribution is 2.04. The fourth-order valence-electron chi connectivity index (χ4n) is 2.46. The Labute approximate surface area is 121 Å². The molecular formula is C16H24N2O2. The Kier molecular flexibility index (Phi) is 6.02. The van der Waals surface area contributed by atoms with Crippen LogP contribution in [-0.2, 0) is 16.0 Å². The minimum Gasteiger partial charge on any atom is -0.376 e. The van der Waals surface area contributed by atoms with Crippen LogP contribution in [0.4, 0.5) is 0 Å². The van der Waals surface area contributed by atoms with Crippen molar-refractivity contribution in [1.29, 1.82) is 0 Å². The second-order valence-electron chi connectivity index (χ2n) is 5.36. The first-order valence-corrected chi connectivity index (χ1v) is 7.38. The van der Waals surface area contributed by atoms with E-state index in [1.165, 1.54) is 5.56 Å². The minimum absolute atomic E-state index is 0.118. The van der Waals surface area contributed by atoms with Gasteiger partial charge in [-0.2, -0.15) is 0 Å². The minimum atomic E-state index is 0.118. The van der Waals surface area contributed by atoms with Gasteiger partial charge in [-0.3, -0.25) is 9.69 Å². The summed E-state index contributed by atoms with van der Waals surface area (Å²) in [6.45, 7) is 5.69. The predicted octanol–water partition coefficient (Wildman–Crippen LogP) is 1.46. The first-order chi connectivity index (χ1) is 9.74. The summed E-state index contributed by atoms with van der Waals surface area (Å²) in [5, 5.41) is 2.99. The molecule has 1 saturated heterocycles. The molecule has 4 nitrogen and oxygen atoms in total. The van der Waals surface area contributed by atoms with Crippen LogP contribution in [-0.4, -0.2) is 49.7 Å². The maximum absolute atomic E-state index is 11.8. The third kappa shape index (κ3) is 5.31. The van der Waals surface area contributed by atoms with Crippen molar-refractivity contribution in [2.24, 2.45) is 0 Å². The van der Waals surface area contributed by atoms with E-state index < -0.39 is 0 Å². The Bertz CT molecular complexity index is 408. The molecular weight excluding hydrogens is 252 g/mol. The molecule has 0 aliphatic carbocycles. The van der Waals surface area contributed by atoms with Gasteiger partial charge in [0.2, 0.25) is 5.91 Å². The summed E-state index contributed by atoms with van der Waals surface area (Å²) >= 11 is 0. The number of benzene rings is 1. The molecule has 0 radical (unpaired) electrons. The van der Waals surface area contributed by atoms with Crippen molar-refractivity contribution in [3.05, 3.63) is 35.9 Å². The second kappa shape index (κ2) is 8.02. The van der Waals surface area contributed by atoms with Gasteiger partial charge in [0.05, 0.1) is 19.3 Å². The highest BCUT2D eigenvalue weighted by molar-refractivity contribution is 5.77. The average molecular weight is 276 g/mol. The topological polar surface area (TPSA) is 41.6 Å². The summed E-state index contributed by atoms with van der Waals surface area (Å²) in [7, 11) is 0. The SMILES string of the molecule is CC1CN(CC(=O)NCCCc2ccccc2)CCO1. The van der Waals surface area contributed by atoms with Crippen LogP contribution in [0.2, 0.25) is 0 Å². The fraction of sp³-hybridized carbons (Fsp3) is 0.562. The number of carbonyl (C=O) groups is 1. The van der Waals surface area contributed by atoms with Crippen LogP contribution in [0.25, 0.3) is 0 Å². The smallest absolute Gasteiger partial charge is 0.234 e. The maximum atomic E-state index is 11.8. The average Bonchev–Trinajstić information content (AvgIpc) is 2.45. The van der Waals surface area contributed by atoms with Gasteiger partial charge >= 0.3 is 0 Å². The Morgan fingerprint density at radius 3 is 2.95 bits per heavy atom. The highest BCUT2D eigenvalue weighted by atomic mass is 16.5. The third-order valence-electron chi connectivity index (χ3n) is 3.50. The van der Waals surface area contributed by atoms with Gasteiger partial charge in [-0.15, -0.1) is 0 Å². The summed E-state index contributed by atoms with van der Waals surface area (Å²) in [6.07, 6.45) is 2.22. The monoisotopic (exact) mass is 276 g/mol. The lowest BCUT2D eigenvalue weighted by Crippen LogP contribution is -2.46. The molecule has 1 aromatic carbocycles. The zero-order valence-electron chi connectivity index (χ0n) is 12.2. The van der Waals surface area contributed by atoms with E-state index in [1.54, 1.807) is 0 Å². The van der Waals surface area contributed by atoms with Crippen molar-refractivity contribution in [1.82, 2.24) is 10.2 Å². The molecule has 0 aromatic heterocycles. The molecule has 1 atom stereocenters. The van der Waals surface area contributed by atoms with Gasteiger partial charge in [-0.05, 0) is 25.3 Å². The lowest BCUT2D eigenvalue weighted by molar-refractivity contribution is -0.124. The second-order valence-corrected chi connectivity index (χ2v) is 5.36. The lowest BCUT2D eigenvalue weighted by Gasteiger charge is -2.30. The van der Waals surface area contributed by atoms with Gasteiger partial charge in [0.15, 0.2) is 0 Å². The molecule has 1 fully saturated rings. The van der Waals surface area contributed by atoms with E-state index in [0.29, 0.717) is 6.54 Å². The molecule has 0 saturated carbocycles. The van der Waals surface area contributed by atoms with Gasteiger partial charge in [0.25, 0.3) is 0 Å². The molecule has 110 valence electrons. The van der Waals surface area contributed by atoms with Crippen molar-refractivity contribution in [3.8, 4) is 0 Å². The van der Waals surface area contributed by atoms with E-state index in [4.69, 9.17) is 4.74 Å². The van der Waals surface area contributed by atoms with Crippen molar-refractivity contribution in [3.63, 3.8) is 0 Å². The molecule has 20 heavy (non-hydrogen) atoms. The summed E-state index contributed by atoms with van der Waals surface area (Å²) in [5.41, 5.74) is 1.32. The number of hydrogen-bond donors (Lipinski definition) is 1. The molecule has 4 heteroatoms. The summed E-state index contributed by atoms with van der Waals surface area (Å²) in [6, 6.07) is 10.4. The number of morpholine rings is 1. The quantitative estimate of drug-likeness (QED) is 0.800. The maximum Gasteiger partial charge on any atom is 0.234 e. The van der Waals surface area contributed by atoms with Crippen LogP contribution in [0, 0.1) is 0 Å². The van der Waals surface area contributed by atoms with E-state index in [-0.39, 0.29) is 12.0 Å². The van der Waals surface area contributed by atoms with Crippen LogP contribution in [0.15, 0.2) is 30.3 Å². The Balaban J connectivity index is 1.58. The van der Waals surface area contributed by atoms with Crippen LogP contribution in [0.5, 0.6) is 0 Å². The number of aryl methyl sites for hydroxylation is 1. The van der Waals surface area contributed by atoms with Crippen molar-refractivity contribution in [2.75, 3.05) is 32.8 Å². The lowest BCUT2D eigenvalue weighted by atomic mass is 10.1. The molecule has 1 unspecified atom stereocenters. The Morgan fingerprint density at radius 1 is 1.40 bits per heavy atom. The summed E-state index contributed by atoms with van der Waals surface area (Å²) in [5.74, 6) is 0.118. The zero-order chi connectivity index (χ0) is 14.2. The number of carbonyl (C=O) groups excluding carboxylic acids is 1. The number of rotatable bonds is 6. The number of nitrogens with zero attached hydrogens (tertiary/aromatic N) is 1. The van der Waals surface area contributed by atoms with Gasteiger partial charge < -0.3 is 10.1 Å². The third-order valence-corrected chi connectivity index (χ3v) is 3.50. The molecule has 1 aliphatic rings. The molecule has 1 aromatic rings. The molecule has 1 aliphatic heterocycles. The zero-order valence-corrected chi connectivity index (χ0v) is 12.2. The molecule has 2 rings (SSSR count). The Hall–Kier alpha value is -1.39. The van der Waals surface area contributed by atoms with Crippen LogP contribution in [0.1, 0.15) is 18.9 Å². The van der Waals surface area contributed by atoms with E-state index in [2.05, 4.69) is 22.3 Å². The Morgan fingerprint density at radius 2 is 2.20 bits per heavy atom. The van der Waals surface area contributed by atoms with E-state index in [9.17, 15) is 4.79 Å². The standard InChI is InChI=1S/C16H24N2O2/c1-14-12-18(10-11-20-14)13-16(19)17-9-5-8-15-6-3-2-4-7-15/h2-4,6-7,14H,5,8-13H2,1H3,(H,17,19). The van der Waals surface area contributed by atoms with Gasteiger partial charge in [-0.25, -0.2) is 0 Å². The molecule has 0 bridgehead atoms. The normalized spacial score (nSPS) is 19.8. The van der Waals surface area contributed by atoms with E-state index in [0.717, 1.165) is 39.1 Å². The first kappa shape index (κ1) is 15.0. The van der Waals surface area contributed by atoms with Crippen LogP contribution < -0.4 is 5.32 Å². The number of amides is 1. The number of nitrogens with one attached hydrogen (secondary N) is 1. The van der Waals surface area contributed by atoms with E-state index in [1.807, 2.05) is 25.1 Å². The highest BCUT2D eigenvalue weighted by Gasteiger charge is 2.18. The molecule has 1 heterocycles. The van der Waals surface area contributed by atoms with Crippen molar-refractivity contribution >= 4 is 5.91 Å². The van der Waals surface area contributed by atoms with Crippen molar-refractivity contribution in [2.45, 2.75) is 25.9 Å². The fourth-order valence-corrected chi connectivity index (χ4v) is 2.46. The number of ether oxygens (including phenoxy) is 1. The molecule has 0 spiro atoms. The summed E-state index contributed by atoms with van der Waals surface area (Å²) in [4.78, 5) is 14.0. The number of hydrogen-bond acceptors (Lipinski definition) is 3. The summed E-state index contributed by atoms with van der Waals surface area (Å²) < 4.78 is 5.46. The molecule has 1 N–H and O–H groups in total. The van der Waals surface area contributed by atoms with Gasteiger partial charge in [-0.1, -0.05) is 30.3 Å². The van der Waals surface area contributed by atoms with Gasteiger partial charge in [0.1, 0.15) is 0 Å². The van der Waals surface area contributed by atoms with E-state index >= 15 is 0 Å². The van der Waals surface area contributed by atoms with Crippen LogP contribution >= 0.6 is 0 Å². The largest absolute Gasteiger partial charge is 0.376 e. The van der Waals surface area contributed by atoms with Crippen molar-refractivity contribution < 1.29 is 9.53 Å². The van der Waals surface area contributed by atoms with Gasteiger partial charge in [0, 0.05) is 19.6 Å². The molecule has 1 amide bonds. The predicted molar refractivity (Wildman–Crippen MR) is 79.6 cm³/mol.